The molecule has 1 aliphatic carbocycles. The summed E-state index contributed by atoms with van der Waals surface area (Å²) < 4.78 is 12.7. The van der Waals surface area contributed by atoms with E-state index in [1.165, 1.54) is 13.5 Å². The van der Waals surface area contributed by atoms with Crippen molar-refractivity contribution in [1.82, 2.24) is 9.55 Å². The fraction of sp³-hybridized carbons (Fsp3) is 0.348. The molecular formula is C23H25N3O4S. The highest BCUT2D eigenvalue weighted by atomic mass is 32.1. The molecule has 3 aromatic rings. The molecule has 4 rings (SSSR count). The number of nitrogens with zero attached hydrogens (tertiary/aromatic N) is 1. The van der Waals surface area contributed by atoms with Crippen LogP contribution in [0.4, 0.5) is 5.69 Å². The first-order valence-corrected chi connectivity index (χ1v) is 10.7. The van der Waals surface area contributed by atoms with Crippen LogP contribution in [0.1, 0.15) is 48.5 Å². The number of H-pyrrole nitrogens is 1. The number of fused-ring (bicyclic) bond motifs is 1. The van der Waals surface area contributed by atoms with E-state index >= 15 is 0 Å². The van der Waals surface area contributed by atoms with Crippen LogP contribution in [-0.4, -0.2) is 29.7 Å². The maximum Gasteiger partial charge on any atom is 0.262 e. The smallest absolute Gasteiger partial charge is 0.262 e. The molecule has 0 radical (unpaired) electrons. The molecule has 0 saturated heterocycles. The average molecular weight is 440 g/mol. The predicted molar refractivity (Wildman–Crippen MR) is 123 cm³/mol. The van der Waals surface area contributed by atoms with Gasteiger partial charge in [-0.3, -0.25) is 14.2 Å². The zero-order chi connectivity index (χ0) is 22.0. The van der Waals surface area contributed by atoms with E-state index in [-0.39, 0.29) is 17.5 Å². The van der Waals surface area contributed by atoms with E-state index in [1.807, 2.05) is 0 Å². The van der Waals surface area contributed by atoms with Crippen LogP contribution in [0.2, 0.25) is 0 Å². The van der Waals surface area contributed by atoms with Gasteiger partial charge in [-0.05, 0) is 55.4 Å². The first-order chi connectivity index (χ1) is 15.0. The first-order valence-electron chi connectivity index (χ1n) is 10.3. The number of aromatic amines is 1. The number of ether oxygens (including phenoxy) is 2. The van der Waals surface area contributed by atoms with Gasteiger partial charge in [0.25, 0.3) is 11.5 Å². The third-order valence-electron chi connectivity index (χ3n) is 5.79. The van der Waals surface area contributed by atoms with E-state index < -0.39 is 0 Å². The lowest BCUT2D eigenvalue weighted by Gasteiger charge is -2.24. The van der Waals surface area contributed by atoms with Crippen molar-refractivity contribution in [3.8, 4) is 11.5 Å². The van der Waals surface area contributed by atoms with Gasteiger partial charge >= 0.3 is 0 Å². The molecule has 0 aliphatic heterocycles. The molecule has 162 valence electrons. The van der Waals surface area contributed by atoms with Crippen LogP contribution >= 0.6 is 12.2 Å². The number of amides is 1. The van der Waals surface area contributed by atoms with Crippen molar-refractivity contribution < 1.29 is 14.3 Å². The lowest BCUT2D eigenvalue weighted by atomic mass is 9.95. The van der Waals surface area contributed by atoms with Gasteiger partial charge in [0.2, 0.25) is 0 Å². The lowest BCUT2D eigenvalue weighted by molar-refractivity contribution is 0.102. The Morgan fingerprint density at radius 1 is 1.10 bits per heavy atom. The normalized spacial score (nSPS) is 14.4. The van der Waals surface area contributed by atoms with Crippen LogP contribution in [0, 0.1) is 4.77 Å². The number of benzene rings is 2. The standard InChI is InChI=1S/C23H25N3O4S/c1-29-16-9-11-20(30-2)19(13-16)24-21(27)14-8-10-17-18(12-14)25-23(31)26(22(17)28)15-6-4-3-5-7-15/h8-13,15H,3-7H2,1-2H3,(H,24,27)(H,25,31). The van der Waals surface area contributed by atoms with Crippen LogP contribution in [0.15, 0.2) is 41.2 Å². The molecule has 0 atom stereocenters. The van der Waals surface area contributed by atoms with Crippen molar-refractivity contribution in [3.63, 3.8) is 0 Å². The Morgan fingerprint density at radius 3 is 2.58 bits per heavy atom. The molecule has 8 heteroatoms. The fourth-order valence-electron chi connectivity index (χ4n) is 4.15. The fourth-order valence-corrected chi connectivity index (χ4v) is 4.49. The van der Waals surface area contributed by atoms with Crippen molar-refractivity contribution in [3.05, 3.63) is 57.1 Å². The van der Waals surface area contributed by atoms with E-state index in [0.717, 1.165) is 25.7 Å². The Balaban J connectivity index is 1.67. The average Bonchev–Trinajstić information content (AvgIpc) is 2.79. The Morgan fingerprint density at radius 2 is 1.87 bits per heavy atom. The SMILES string of the molecule is COc1ccc(OC)c(NC(=O)c2ccc3c(=O)n(C4CCCCC4)c(=S)[nH]c3c2)c1. The minimum absolute atomic E-state index is 0.105. The van der Waals surface area contributed by atoms with Crippen LogP contribution in [-0.2, 0) is 0 Å². The zero-order valence-corrected chi connectivity index (χ0v) is 18.4. The Hall–Kier alpha value is -3.13. The van der Waals surface area contributed by atoms with E-state index in [4.69, 9.17) is 21.7 Å². The largest absolute Gasteiger partial charge is 0.497 e. The molecule has 1 saturated carbocycles. The second-order valence-electron chi connectivity index (χ2n) is 7.68. The summed E-state index contributed by atoms with van der Waals surface area (Å²) in [6.07, 6.45) is 5.34. The summed E-state index contributed by atoms with van der Waals surface area (Å²) in [5.74, 6) is 0.788. The monoisotopic (exact) mass is 439 g/mol. The van der Waals surface area contributed by atoms with Gasteiger partial charge in [-0.15, -0.1) is 0 Å². The Bertz CT molecular complexity index is 1240. The van der Waals surface area contributed by atoms with Crippen molar-refractivity contribution in [2.75, 3.05) is 19.5 Å². The number of nitrogens with one attached hydrogen (secondary N) is 2. The van der Waals surface area contributed by atoms with Gasteiger partial charge in [0.15, 0.2) is 4.77 Å². The molecule has 0 bridgehead atoms. The summed E-state index contributed by atoms with van der Waals surface area (Å²) in [6.45, 7) is 0. The van der Waals surface area contributed by atoms with Gasteiger partial charge in [0.05, 0.1) is 30.8 Å². The molecule has 2 aromatic carbocycles. The molecule has 7 nitrogen and oxygen atoms in total. The number of aromatic nitrogens is 2. The van der Waals surface area contributed by atoms with Gasteiger partial charge in [0.1, 0.15) is 11.5 Å². The van der Waals surface area contributed by atoms with Crippen molar-refractivity contribution in [1.29, 1.82) is 0 Å². The van der Waals surface area contributed by atoms with Gasteiger partial charge < -0.3 is 19.8 Å². The van der Waals surface area contributed by atoms with Crippen molar-refractivity contribution in [2.24, 2.45) is 0 Å². The number of carbonyl (C=O) groups is 1. The molecular weight excluding hydrogens is 414 g/mol. The third-order valence-corrected chi connectivity index (χ3v) is 6.08. The quantitative estimate of drug-likeness (QED) is 0.556. The molecule has 0 spiro atoms. The van der Waals surface area contributed by atoms with Gasteiger partial charge in [0, 0.05) is 17.7 Å². The van der Waals surface area contributed by atoms with Crippen LogP contribution < -0.4 is 20.3 Å². The molecule has 0 unspecified atom stereocenters. The summed E-state index contributed by atoms with van der Waals surface area (Å²) in [7, 11) is 3.09. The minimum Gasteiger partial charge on any atom is -0.497 e. The summed E-state index contributed by atoms with van der Waals surface area (Å²) in [5, 5.41) is 3.37. The summed E-state index contributed by atoms with van der Waals surface area (Å²) in [4.78, 5) is 29.1. The van der Waals surface area contributed by atoms with E-state index in [0.29, 0.717) is 38.4 Å². The molecule has 1 heterocycles. The minimum atomic E-state index is -0.329. The second-order valence-corrected chi connectivity index (χ2v) is 8.06. The van der Waals surface area contributed by atoms with E-state index in [9.17, 15) is 9.59 Å². The number of rotatable bonds is 5. The molecule has 1 amide bonds. The third kappa shape index (κ3) is 4.20. The van der Waals surface area contributed by atoms with Gasteiger partial charge in [-0.1, -0.05) is 19.3 Å². The number of methoxy groups -OCH3 is 2. The highest BCUT2D eigenvalue weighted by molar-refractivity contribution is 7.71. The number of carbonyl (C=O) groups excluding carboxylic acids is 1. The number of hydrogen-bond donors (Lipinski definition) is 2. The highest BCUT2D eigenvalue weighted by Crippen LogP contribution is 2.30. The van der Waals surface area contributed by atoms with Crippen LogP contribution in [0.3, 0.4) is 0 Å². The number of hydrogen-bond acceptors (Lipinski definition) is 5. The molecule has 1 aliphatic rings. The molecule has 1 fully saturated rings. The topological polar surface area (TPSA) is 85.3 Å². The summed E-state index contributed by atoms with van der Waals surface area (Å²) in [5.41, 5.74) is 1.34. The molecule has 2 N–H and O–H groups in total. The lowest BCUT2D eigenvalue weighted by Crippen LogP contribution is -2.28. The number of anilines is 1. The van der Waals surface area contributed by atoms with E-state index in [1.54, 1.807) is 48.1 Å². The molecule has 31 heavy (non-hydrogen) atoms. The van der Waals surface area contributed by atoms with Gasteiger partial charge in [-0.2, -0.15) is 0 Å². The Labute approximate surface area is 185 Å². The van der Waals surface area contributed by atoms with E-state index in [2.05, 4.69) is 10.3 Å². The van der Waals surface area contributed by atoms with Gasteiger partial charge in [-0.25, -0.2) is 0 Å². The predicted octanol–water partition coefficient (Wildman–Crippen LogP) is 4.83. The van der Waals surface area contributed by atoms with Crippen LogP contribution in [0.25, 0.3) is 10.9 Å². The van der Waals surface area contributed by atoms with Crippen LogP contribution in [0.5, 0.6) is 11.5 Å². The second kappa shape index (κ2) is 8.93. The van der Waals surface area contributed by atoms with Crippen molar-refractivity contribution in [2.45, 2.75) is 38.1 Å². The van der Waals surface area contributed by atoms with Crippen molar-refractivity contribution >= 4 is 34.7 Å². The zero-order valence-electron chi connectivity index (χ0n) is 17.6. The Kier molecular flexibility index (Phi) is 6.08. The highest BCUT2D eigenvalue weighted by Gasteiger charge is 2.19. The molecule has 1 aromatic heterocycles. The first kappa shape index (κ1) is 21.1. The summed E-state index contributed by atoms with van der Waals surface area (Å²) >= 11 is 5.50. The maximum atomic E-state index is 13.1. The maximum absolute atomic E-state index is 13.1. The summed E-state index contributed by atoms with van der Waals surface area (Å²) in [6, 6.07) is 10.3.